The number of amides is 2. The third-order valence-electron chi connectivity index (χ3n) is 4.82. The van der Waals surface area contributed by atoms with E-state index >= 15 is 0 Å². The highest BCUT2D eigenvalue weighted by atomic mass is 16.6. The smallest absolute Gasteiger partial charge is 0.409 e. The van der Waals surface area contributed by atoms with E-state index in [0.717, 1.165) is 44.5 Å². The third kappa shape index (κ3) is 4.42. The minimum Gasteiger partial charge on any atom is -0.450 e. The lowest BCUT2D eigenvalue weighted by molar-refractivity contribution is 0.0786. The van der Waals surface area contributed by atoms with Crippen LogP contribution in [0.4, 0.5) is 10.7 Å². The number of anilines is 1. The van der Waals surface area contributed by atoms with Gasteiger partial charge in [-0.05, 0) is 45.6 Å². The fraction of sp³-hybridized carbons (Fsp3) is 0.667. The monoisotopic (exact) mass is 361 g/mol. The summed E-state index contributed by atoms with van der Waals surface area (Å²) < 4.78 is 5.04. The van der Waals surface area contributed by atoms with Gasteiger partial charge in [0.2, 0.25) is 5.95 Å². The molecule has 2 aliphatic rings. The number of ether oxygens (including phenoxy) is 1. The maximum atomic E-state index is 12.6. The summed E-state index contributed by atoms with van der Waals surface area (Å²) in [5.41, 5.74) is 1.22. The molecular weight excluding hydrogens is 334 g/mol. The molecule has 0 radical (unpaired) electrons. The van der Waals surface area contributed by atoms with E-state index in [-0.39, 0.29) is 18.0 Å². The van der Waals surface area contributed by atoms with Crippen LogP contribution >= 0.6 is 0 Å². The number of likely N-dealkylation sites (tertiary alicyclic amines) is 2. The van der Waals surface area contributed by atoms with Crippen LogP contribution in [-0.4, -0.2) is 70.6 Å². The van der Waals surface area contributed by atoms with Crippen molar-refractivity contribution in [3.05, 3.63) is 17.5 Å². The minimum absolute atomic E-state index is 0.0202. The maximum Gasteiger partial charge on any atom is 0.409 e. The van der Waals surface area contributed by atoms with E-state index in [4.69, 9.17) is 4.74 Å². The summed E-state index contributed by atoms with van der Waals surface area (Å²) in [6, 6.07) is 1.92. The summed E-state index contributed by atoms with van der Waals surface area (Å²) in [4.78, 5) is 36.8. The van der Waals surface area contributed by atoms with E-state index < -0.39 is 0 Å². The lowest BCUT2D eigenvalue weighted by Crippen LogP contribution is -2.42. The van der Waals surface area contributed by atoms with Crippen molar-refractivity contribution in [3.8, 4) is 0 Å². The molecule has 0 unspecified atom stereocenters. The molecule has 142 valence electrons. The number of aryl methyl sites for hydroxylation is 1. The maximum absolute atomic E-state index is 12.6. The van der Waals surface area contributed by atoms with Gasteiger partial charge in [-0.15, -0.1) is 0 Å². The van der Waals surface area contributed by atoms with Gasteiger partial charge >= 0.3 is 6.09 Å². The van der Waals surface area contributed by atoms with Crippen LogP contribution in [0.25, 0.3) is 0 Å². The van der Waals surface area contributed by atoms with Crippen molar-refractivity contribution >= 4 is 17.9 Å². The zero-order valence-corrected chi connectivity index (χ0v) is 15.5. The van der Waals surface area contributed by atoms with Gasteiger partial charge in [0.15, 0.2) is 0 Å². The Hall–Kier alpha value is -2.38. The van der Waals surface area contributed by atoms with Gasteiger partial charge in [-0.3, -0.25) is 4.79 Å². The van der Waals surface area contributed by atoms with Gasteiger partial charge in [0.05, 0.1) is 6.61 Å². The number of nitrogens with one attached hydrogen (secondary N) is 1. The molecule has 26 heavy (non-hydrogen) atoms. The molecule has 0 bridgehead atoms. The summed E-state index contributed by atoms with van der Waals surface area (Å²) in [7, 11) is 0. The second-order valence-corrected chi connectivity index (χ2v) is 6.82. The largest absolute Gasteiger partial charge is 0.450 e. The Balaban J connectivity index is 1.60. The van der Waals surface area contributed by atoms with Crippen molar-refractivity contribution in [2.24, 2.45) is 0 Å². The van der Waals surface area contributed by atoms with Crippen molar-refractivity contribution in [2.45, 2.75) is 45.6 Å². The standard InChI is InChI=1S/C18H27N5O3/c1-3-26-18(25)23-10-6-14(7-11-23)20-17-19-13(2)12-15(21-17)16(24)22-8-4-5-9-22/h12,14H,3-11H2,1-2H3,(H,19,20,21). The molecule has 2 aliphatic heterocycles. The van der Waals surface area contributed by atoms with Crippen LogP contribution in [0.3, 0.4) is 0 Å². The summed E-state index contributed by atoms with van der Waals surface area (Å²) in [6.07, 6.45) is 3.45. The highest BCUT2D eigenvalue weighted by molar-refractivity contribution is 5.92. The van der Waals surface area contributed by atoms with E-state index in [0.29, 0.717) is 31.3 Å². The van der Waals surface area contributed by atoms with Gasteiger partial charge in [0.1, 0.15) is 5.69 Å². The normalized spacial score (nSPS) is 18.1. The summed E-state index contributed by atoms with van der Waals surface area (Å²) in [5, 5.41) is 3.33. The van der Waals surface area contributed by atoms with E-state index in [9.17, 15) is 9.59 Å². The number of carbonyl (C=O) groups excluding carboxylic acids is 2. The summed E-state index contributed by atoms with van der Waals surface area (Å²) in [6.45, 7) is 6.96. The lowest BCUT2D eigenvalue weighted by atomic mass is 10.1. The molecule has 2 amide bonds. The SMILES string of the molecule is CCOC(=O)N1CCC(Nc2nc(C)cc(C(=O)N3CCCC3)n2)CC1. The van der Waals surface area contributed by atoms with Crippen LogP contribution in [-0.2, 0) is 4.74 Å². The first-order valence-electron chi connectivity index (χ1n) is 9.40. The minimum atomic E-state index is -0.253. The van der Waals surface area contributed by atoms with Gasteiger partial charge in [-0.25, -0.2) is 14.8 Å². The number of hydrogen-bond acceptors (Lipinski definition) is 6. The molecule has 0 aromatic carbocycles. The quantitative estimate of drug-likeness (QED) is 0.883. The van der Waals surface area contributed by atoms with Gasteiger partial charge in [-0.1, -0.05) is 0 Å². The Morgan fingerprint density at radius 2 is 1.85 bits per heavy atom. The number of nitrogens with zero attached hydrogens (tertiary/aromatic N) is 4. The van der Waals surface area contributed by atoms with E-state index in [2.05, 4.69) is 15.3 Å². The molecule has 8 heteroatoms. The van der Waals surface area contributed by atoms with Crippen LogP contribution < -0.4 is 5.32 Å². The van der Waals surface area contributed by atoms with Crippen LogP contribution in [0, 0.1) is 6.92 Å². The Morgan fingerprint density at radius 1 is 1.15 bits per heavy atom. The molecule has 1 N–H and O–H groups in total. The fourth-order valence-corrected chi connectivity index (χ4v) is 3.43. The molecule has 3 rings (SSSR count). The number of rotatable bonds is 4. The average molecular weight is 361 g/mol. The predicted octanol–water partition coefficient (Wildman–Crippen LogP) is 2.05. The van der Waals surface area contributed by atoms with Crippen LogP contribution in [0.2, 0.25) is 0 Å². The second kappa shape index (κ2) is 8.33. The Labute approximate surface area is 153 Å². The van der Waals surface area contributed by atoms with E-state index in [1.54, 1.807) is 11.0 Å². The van der Waals surface area contributed by atoms with Crippen LogP contribution in [0.5, 0.6) is 0 Å². The highest BCUT2D eigenvalue weighted by Gasteiger charge is 2.25. The number of aromatic nitrogens is 2. The molecule has 8 nitrogen and oxygen atoms in total. The van der Waals surface area contributed by atoms with Crippen molar-refractivity contribution < 1.29 is 14.3 Å². The Morgan fingerprint density at radius 3 is 2.50 bits per heavy atom. The summed E-state index contributed by atoms with van der Waals surface area (Å²) in [5.74, 6) is 0.468. The number of piperidine rings is 1. The molecule has 1 aromatic rings. The van der Waals surface area contributed by atoms with Gasteiger partial charge in [-0.2, -0.15) is 0 Å². The average Bonchev–Trinajstić information content (AvgIpc) is 3.16. The molecule has 3 heterocycles. The summed E-state index contributed by atoms with van der Waals surface area (Å²) >= 11 is 0. The molecule has 0 saturated carbocycles. The van der Waals surface area contributed by atoms with Gasteiger partial charge < -0.3 is 19.9 Å². The fourth-order valence-electron chi connectivity index (χ4n) is 3.43. The molecule has 0 spiro atoms. The van der Waals surface area contributed by atoms with Gasteiger partial charge in [0.25, 0.3) is 5.91 Å². The molecule has 2 fully saturated rings. The van der Waals surface area contributed by atoms with E-state index in [1.165, 1.54) is 0 Å². The Kier molecular flexibility index (Phi) is 5.90. The molecular formula is C18H27N5O3. The molecule has 0 atom stereocenters. The zero-order valence-electron chi connectivity index (χ0n) is 15.5. The predicted molar refractivity (Wildman–Crippen MR) is 97.1 cm³/mol. The van der Waals surface area contributed by atoms with Crippen molar-refractivity contribution in [3.63, 3.8) is 0 Å². The highest BCUT2D eigenvalue weighted by Crippen LogP contribution is 2.17. The van der Waals surface area contributed by atoms with Gasteiger partial charge in [0, 0.05) is 37.9 Å². The lowest BCUT2D eigenvalue weighted by Gasteiger charge is -2.31. The van der Waals surface area contributed by atoms with Crippen LogP contribution in [0.15, 0.2) is 6.07 Å². The first-order chi connectivity index (χ1) is 12.6. The first-order valence-corrected chi connectivity index (χ1v) is 9.40. The molecule has 1 aromatic heterocycles. The number of carbonyl (C=O) groups is 2. The topological polar surface area (TPSA) is 87.7 Å². The second-order valence-electron chi connectivity index (χ2n) is 6.82. The molecule has 0 aliphatic carbocycles. The zero-order chi connectivity index (χ0) is 18.5. The molecule has 2 saturated heterocycles. The van der Waals surface area contributed by atoms with Crippen molar-refractivity contribution in [1.29, 1.82) is 0 Å². The number of hydrogen-bond donors (Lipinski definition) is 1. The van der Waals surface area contributed by atoms with Crippen molar-refractivity contribution in [2.75, 3.05) is 38.1 Å². The first kappa shape index (κ1) is 18.4. The van der Waals surface area contributed by atoms with Crippen LogP contribution in [0.1, 0.15) is 48.8 Å². The Bertz CT molecular complexity index is 652. The van der Waals surface area contributed by atoms with Crippen molar-refractivity contribution in [1.82, 2.24) is 19.8 Å². The third-order valence-corrected chi connectivity index (χ3v) is 4.82. The van der Waals surface area contributed by atoms with E-state index in [1.807, 2.05) is 18.7 Å².